The molecule has 1 aliphatic rings. The summed E-state index contributed by atoms with van der Waals surface area (Å²) in [7, 11) is 0. The Kier molecular flexibility index (Phi) is 8.24. The summed E-state index contributed by atoms with van der Waals surface area (Å²) in [4.78, 5) is 25.2. The molecule has 6 rings (SSSR count). The number of carbonyl (C=O) groups excluding carboxylic acids is 1. The van der Waals surface area contributed by atoms with Crippen molar-refractivity contribution >= 4 is 22.8 Å². The molecule has 4 aromatic carbocycles. The van der Waals surface area contributed by atoms with Gasteiger partial charge in [-0.15, -0.1) is 0 Å². The second-order valence-electron chi connectivity index (χ2n) is 12.9. The summed E-state index contributed by atoms with van der Waals surface area (Å²) in [6.45, 7) is 9.74. The number of carboxylic acid groups (broad SMARTS) is 1. The quantitative estimate of drug-likeness (QED) is 0.162. The number of para-hydroxylation sites is 1. The van der Waals surface area contributed by atoms with Crippen LogP contribution in [-0.2, 0) is 16.7 Å². The van der Waals surface area contributed by atoms with Crippen LogP contribution in [0.25, 0.3) is 33.2 Å². The number of aromatic carboxylic acids is 1. The standard InChI is InChI=1S/C39H39NO5/c1-5-44-38(43)36-35(28-16-18-31(19-17-28)39(2,3)4)33-8-6-7-9-34(33)40(36)23-26-20-30(22-32(21-26)45-24-25-10-11-25)27-12-14-29(15-13-27)37(41)42/h6-9,12-22,25H,5,10-11,23-24H2,1-4H3,(H,41,42). The topological polar surface area (TPSA) is 77.8 Å². The maximum atomic E-state index is 13.8. The highest BCUT2D eigenvalue weighted by atomic mass is 16.5. The molecule has 0 atom stereocenters. The molecule has 0 bridgehead atoms. The van der Waals surface area contributed by atoms with Gasteiger partial charge in [-0.1, -0.05) is 75.4 Å². The minimum atomic E-state index is -0.960. The number of hydrogen-bond acceptors (Lipinski definition) is 4. The van der Waals surface area contributed by atoms with E-state index in [-0.39, 0.29) is 23.6 Å². The van der Waals surface area contributed by atoms with E-state index in [0.29, 0.717) is 24.8 Å². The van der Waals surface area contributed by atoms with Gasteiger partial charge in [0.2, 0.25) is 0 Å². The van der Waals surface area contributed by atoms with Crippen molar-refractivity contribution < 1.29 is 24.2 Å². The number of esters is 1. The van der Waals surface area contributed by atoms with Gasteiger partial charge in [0.25, 0.3) is 0 Å². The summed E-state index contributed by atoms with van der Waals surface area (Å²) in [6.07, 6.45) is 2.36. The number of rotatable bonds is 10. The Balaban J connectivity index is 1.48. The van der Waals surface area contributed by atoms with Crippen LogP contribution in [0.3, 0.4) is 0 Å². The monoisotopic (exact) mass is 601 g/mol. The summed E-state index contributed by atoms with van der Waals surface area (Å²) < 4.78 is 14.0. The van der Waals surface area contributed by atoms with E-state index in [1.807, 2.05) is 49.4 Å². The van der Waals surface area contributed by atoms with E-state index in [4.69, 9.17) is 9.47 Å². The van der Waals surface area contributed by atoms with Crippen molar-refractivity contribution in [3.8, 4) is 28.0 Å². The highest BCUT2D eigenvalue weighted by molar-refractivity contribution is 6.08. The van der Waals surface area contributed by atoms with Gasteiger partial charge in [0, 0.05) is 23.0 Å². The lowest BCUT2D eigenvalue weighted by Gasteiger charge is -2.19. The molecule has 6 nitrogen and oxygen atoms in total. The minimum Gasteiger partial charge on any atom is -0.493 e. The predicted molar refractivity (Wildman–Crippen MR) is 178 cm³/mol. The number of aromatic nitrogens is 1. The van der Waals surface area contributed by atoms with E-state index in [9.17, 15) is 14.7 Å². The molecule has 45 heavy (non-hydrogen) atoms. The molecule has 1 saturated carbocycles. The van der Waals surface area contributed by atoms with Crippen LogP contribution < -0.4 is 4.74 Å². The van der Waals surface area contributed by atoms with Gasteiger partial charge in [-0.05, 0) is 95.3 Å². The largest absolute Gasteiger partial charge is 0.493 e. The third-order valence-corrected chi connectivity index (χ3v) is 8.43. The number of carboxylic acids is 1. The van der Waals surface area contributed by atoms with Crippen LogP contribution in [0.5, 0.6) is 5.75 Å². The second kappa shape index (κ2) is 12.3. The fraction of sp³-hybridized carbons (Fsp3) is 0.282. The molecule has 1 aliphatic carbocycles. The van der Waals surface area contributed by atoms with E-state index in [1.54, 1.807) is 12.1 Å². The highest BCUT2D eigenvalue weighted by Gasteiger charge is 2.26. The summed E-state index contributed by atoms with van der Waals surface area (Å²) >= 11 is 0. The summed E-state index contributed by atoms with van der Waals surface area (Å²) in [5.74, 6) is 0.0136. The highest BCUT2D eigenvalue weighted by Crippen LogP contribution is 2.38. The minimum absolute atomic E-state index is 0.00868. The first-order valence-electron chi connectivity index (χ1n) is 15.6. The molecule has 1 N–H and O–H groups in total. The molecule has 5 aromatic rings. The zero-order valence-electron chi connectivity index (χ0n) is 26.3. The number of hydrogen-bond donors (Lipinski definition) is 1. The number of benzene rings is 4. The van der Waals surface area contributed by atoms with Gasteiger partial charge in [0.1, 0.15) is 11.4 Å². The average Bonchev–Trinajstić information content (AvgIpc) is 3.81. The Morgan fingerprint density at radius 2 is 1.56 bits per heavy atom. The van der Waals surface area contributed by atoms with Crippen molar-refractivity contribution in [3.05, 3.63) is 113 Å². The van der Waals surface area contributed by atoms with Crippen LogP contribution in [0.4, 0.5) is 0 Å². The summed E-state index contributed by atoms with van der Waals surface area (Å²) in [6, 6.07) is 29.6. The zero-order valence-corrected chi connectivity index (χ0v) is 26.3. The van der Waals surface area contributed by atoms with Gasteiger partial charge in [-0.3, -0.25) is 0 Å². The average molecular weight is 602 g/mol. The van der Waals surface area contributed by atoms with E-state index in [2.05, 4.69) is 61.7 Å². The number of ether oxygens (including phenoxy) is 2. The normalized spacial score (nSPS) is 13.2. The Bertz CT molecular complexity index is 1860. The summed E-state index contributed by atoms with van der Waals surface area (Å²) in [5.41, 5.74) is 7.50. The fourth-order valence-corrected chi connectivity index (χ4v) is 5.80. The second-order valence-corrected chi connectivity index (χ2v) is 12.9. The predicted octanol–water partition coefficient (Wildman–Crippen LogP) is 8.98. The van der Waals surface area contributed by atoms with Crippen molar-refractivity contribution in [2.24, 2.45) is 5.92 Å². The van der Waals surface area contributed by atoms with E-state index < -0.39 is 5.97 Å². The first-order chi connectivity index (χ1) is 21.6. The molecular formula is C39H39NO5. The maximum absolute atomic E-state index is 13.8. The van der Waals surface area contributed by atoms with Crippen molar-refractivity contribution in [3.63, 3.8) is 0 Å². The van der Waals surface area contributed by atoms with Crippen molar-refractivity contribution in [2.75, 3.05) is 13.2 Å². The smallest absolute Gasteiger partial charge is 0.355 e. The van der Waals surface area contributed by atoms with Gasteiger partial charge in [-0.25, -0.2) is 9.59 Å². The Morgan fingerprint density at radius 3 is 2.20 bits per heavy atom. The molecule has 0 amide bonds. The molecule has 0 saturated heterocycles. The Morgan fingerprint density at radius 1 is 0.867 bits per heavy atom. The molecular weight excluding hydrogens is 562 g/mol. The summed E-state index contributed by atoms with van der Waals surface area (Å²) in [5, 5.41) is 10.4. The molecule has 1 fully saturated rings. The SMILES string of the molecule is CCOC(=O)c1c(-c2ccc(C(C)(C)C)cc2)c2ccccc2n1Cc1cc(OCC2CC2)cc(-c2ccc(C(=O)O)cc2)c1. The van der Waals surface area contributed by atoms with E-state index >= 15 is 0 Å². The van der Waals surface area contributed by atoms with E-state index in [0.717, 1.165) is 44.5 Å². The van der Waals surface area contributed by atoms with Crippen LogP contribution >= 0.6 is 0 Å². The third-order valence-electron chi connectivity index (χ3n) is 8.43. The van der Waals surface area contributed by atoms with Crippen molar-refractivity contribution in [1.29, 1.82) is 0 Å². The molecule has 1 heterocycles. The number of nitrogens with zero attached hydrogens (tertiary/aromatic N) is 1. The number of fused-ring (bicyclic) bond motifs is 1. The van der Waals surface area contributed by atoms with Crippen LogP contribution in [0.2, 0.25) is 0 Å². The lowest BCUT2D eigenvalue weighted by Crippen LogP contribution is -2.14. The van der Waals surface area contributed by atoms with Crippen molar-refractivity contribution in [1.82, 2.24) is 4.57 Å². The number of carbonyl (C=O) groups is 2. The molecule has 0 radical (unpaired) electrons. The van der Waals surface area contributed by atoms with Crippen LogP contribution in [-0.4, -0.2) is 34.8 Å². The molecule has 0 unspecified atom stereocenters. The van der Waals surface area contributed by atoms with Gasteiger partial charge in [0.05, 0.1) is 18.8 Å². The van der Waals surface area contributed by atoms with Crippen LogP contribution in [0.15, 0.2) is 91.0 Å². The van der Waals surface area contributed by atoms with Gasteiger partial charge >= 0.3 is 11.9 Å². The van der Waals surface area contributed by atoms with Gasteiger partial charge in [0.15, 0.2) is 0 Å². The van der Waals surface area contributed by atoms with Crippen LogP contribution in [0.1, 0.15) is 72.5 Å². The lowest BCUT2D eigenvalue weighted by atomic mass is 9.86. The Hall–Kier alpha value is -4.84. The maximum Gasteiger partial charge on any atom is 0.355 e. The van der Waals surface area contributed by atoms with Gasteiger partial charge < -0.3 is 19.1 Å². The fourth-order valence-electron chi connectivity index (χ4n) is 5.80. The first kappa shape index (κ1) is 30.2. The molecule has 1 aromatic heterocycles. The zero-order chi connectivity index (χ0) is 31.7. The molecule has 230 valence electrons. The lowest BCUT2D eigenvalue weighted by molar-refractivity contribution is 0.0515. The third kappa shape index (κ3) is 6.51. The van der Waals surface area contributed by atoms with Crippen LogP contribution in [0, 0.1) is 5.92 Å². The van der Waals surface area contributed by atoms with Crippen molar-refractivity contribution in [2.45, 2.75) is 52.5 Å². The molecule has 0 aliphatic heterocycles. The Labute approximate surface area is 264 Å². The molecule has 6 heteroatoms. The first-order valence-corrected chi connectivity index (χ1v) is 15.6. The van der Waals surface area contributed by atoms with E-state index in [1.165, 1.54) is 18.4 Å². The molecule has 0 spiro atoms. The van der Waals surface area contributed by atoms with Gasteiger partial charge in [-0.2, -0.15) is 0 Å².